The summed E-state index contributed by atoms with van der Waals surface area (Å²) in [7, 11) is 1.41. The summed E-state index contributed by atoms with van der Waals surface area (Å²) >= 11 is 0. The monoisotopic (exact) mass is 117 g/mol. The van der Waals surface area contributed by atoms with E-state index in [4.69, 9.17) is 11.1 Å². The molecule has 0 aromatic carbocycles. The van der Waals surface area contributed by atoms with E-state index in [-0.39, 0.29) is 5.84 Å². The molecule has 0 heterocycles. The van der Waals surface area contributed by atoms with Gasteiger partial charge in [0.05, 0.1) is 0 Å². The Morgan fingerprint density at radius 2 is 2.38 bits per heavy atom. The highest BCUT2D eigenvalue weighted by Gasteiger charge is 1.86. The molecule has 0 rings (SSSR count). The van der Waals surface area contributed by atoms with E-state index in [0.29, 0.717) is 0 Å². The molecule has 0 amide bonds. The van der Waals surface area contributed by atoms with Crippen molar-refractivity contribution in [2.24, 2.45) is 5.73 Å². The van der Waals surface area contributed by atoms with Gasteiger partial charge < -0.3 is 11.1 Å². The second kappa shape index (κ2) is 3.01. The van der Waals surface area contributed by atoms with Crippen LogP contribution in [0.5, 0.6) is 0 Å². The van der Waals surface area contributed by atoms with Gasteiger partial charge >= 0.3 is 0 Å². The van der Waals surface area contributed by atoms with E-state index < -0.39 is 5.95 Å². The van der Waals surface area contributed by atoms with Gasteiger partial charge in [0.25, 0.3) is 0 Å². The number of nitrogens with two attached hydrogens (primary N) is 1. The predicted molar refractivity (Wildman–Crippen MR) is 30.2 cm³/mol. The fourth-order valence-electron chi connectivity index (χ4n) is 0.209. The van der Waals surface area contributed by atoms with E-state index in [9.17, 15) is 4.39 Å². The normalized spacial score (nSPS) is 11.0. The van der Waals surface area contributed by atoms with Gasteiger partial charge in [0.2, 0.25) is 0 Å². The molecular formula is C4H8FN3. The van der Waals surface area contributed by atoms with Gasteiger partial charge in [0.15, 0.2) is 5.95 Å². The first-order chi connectivity index (χ1) is 3.66. The van der Waals surface area contributed by atoms with Gasteiger partial charge in [0, 0.05) is 13.1 Å². The lowest BCUT2D eigenvalue weighted by atomic mass is 10.5. The van der Waals surface area contributed by atoms with E-state index >= 15 is 0 Å². The largest absolute Gasteiger partial charge is 0.384 e. The fourth-order valence-corrected chi connectivity index (χ4v) is 0.209. The van der Waals surface area contributed by atoms with Crippen LogP contribution in [-0.4, -0.2) is 12.9 Å². The zero-order valence-electron chi connectivity index (χ0n) is 4.53. The zero-order valence-corrected chi connectivity index (χ0v) is 4.53. The van der Waals surface area contributed by atoms with Crippen molar-refractivity contribution in [3.63, 3.8) is 0 Å². The van der Waals surface area contributed by atoms with Crippen LogP contribution in [0.4, 0.5) is 4.39 Å². The van der Waals surface area contributed by atoms with Crippen LogP contribution in [0.15, 0.2) is 12.0 Å². The molecule has 0 aliphatic carbocycles. The van der Waals surface area contributed by atoms with E-state index in [1.807, 2.05) is 0 Å². The van der Waals surface area contributed by atoms with Crippen LogP contribution in [-0.2, 0) is 0 Å². The third-order valence-electron chi connectivity index (χ3n) is 0.521. The Hall–Kier alpha value is -1.06. The third kappa shape index (κ3) is 3.14. The minimum Gasteiger partial charge on any atom is -0.384 e. The van der Waals surface area contributed by atoms with Crippen molar-refractivity contribution in [3.05, 3.63) is 12.0 Å². The summed E-state index contributed by atoms with van der Waals surface area (Å²) in [5.74, 6) is -0.894. The van der Waals surface area contributed by atoms with Gasteiger partial charge in [-0.3, -0.25) is 5.41 Å². The molecule has 0 saturated carbocycles. The van der Waals surface area contributed by atoms with Crippen molar-refractivity contribution in [2.75, 3.05) is 7.05 Å². The maximum absolute atomic E-state index is 11.9. The van der Waals surface area contributed by atoms with Crippen molar-refractivity contribution >= 4 is 5.84 Å². The first kappa shape index (κ1) is 6.94. The molecule has 0 atom stereocenters. The number of nitrogens with one attached hydrogen (secondary N) is 2. The topological polar surface area (TPSA) is 61.9 Å². The molecule has 0 radical (unpaired) electrons. The summed E-state index contributed by atoms with van der Waals surface area (Å²) < 4.78 is 11.9. The van der Waals surface area contributed by atoms with Crippen molar-refractivity contribution in [1.29, 1.82) is 5.41 Å². The van der Waals surface area contributed by atoms with Gasteiger partial charge in [-0.25, -0.2) is 0 Å². The second-order valence-electron chi connectivity index (χ2n) is 1.20. The first-order valence-corrected chi connectivity index (χ1v) is 2.06. The van der Waals surface area contributed by atoms with Crippen LogP contribution in [0.2, 0.25) is 0 Å². The van der Waals surface area contributed by atoms with E-state index in [2.05, 4.69) is 5.32 Å². The molecule has 4 heteroatoms. The molecule has 0 bridgehead atoms. The van der Waals surface area contributed by atoms with Gasteiger partial charge in [0.1, 0.15) is 5.84 Å². The first-order valence-electron chi connectivity index (χ1n) is 2.06. The number of rotatable bonds is 2. The molecule has 0 aromatic rings. The Morgan fingerprint density at radius 1 is 1.88 bits per heavy atom. The molecule has 0 aromatic heterocycles. The summed E-state index contributed by atoms with van der Waals surface area (Å²) in [4.78, 5) is 0. The van der Waals surface area contributed by atoms with Crippen LogP contribution in [0.3, 0.4) is 0 Å². The second-order valence-corrected chi connectivity index (χ2v) is 1.20. The average molecular weight is 117 g/mol. The average Bonchev–Trinajstić information content (AvgIpc) is 1.65. The maximum Gasteiger partial charge on any atom is 0.190 e. The highest BCUT2D eigenvalue weighted by molar-refractivity contribution is 5.88. The number of hydrogen-bond acceptors (Lipinski definition) is 2. The van der Waals surface area contributed by atoms with Crippen molar-refractivity contribution in [3.8, 4) is 0 Å². The standard InChI is InChI=1S/C4H8FN3/c1-8-3(5)2-4(6)7/h2,8H,1H3,(H3,6,7)/b3-2-. The van der Waals surface area contributed by atoms with E-state index in [0.717, 1.165) is 6.08 Å². The van der Waals surface area contributed by atoms with E-state index in [1.165, 1.54) is 7.05 Å². The van der Waals surface area contributed by atoms with Gasteiger partial charge in [-0.1, -0.05) is 0 Å². The minimum atomic E-state index is -0.600. The molecular weight excluding hydrogens is 109 g/mol. The Morgan fingerprint density at radius 3 is 2.50 bits per heavy atom. The Kier molecular flexibility index (Phi) is 2.61. The highest BCUT2D eigenvalue weighted by atomic mass is 19.1. The lowest BCUT2D eigenvalue weighted by Crippen LogP contribution is -2.09. The van der Waals surface area contributed by atoms with Crippen LogP contribution in [0.1, 0.15) is 0 Å². The lowest BCUT2D eigenvalue weighted by Gasteiger charge is -1.90. The Balaban J connectivity index is 3.75. The number of halogens is 1. The lowest BCUT2D eigenvalue weighted by molar-refractivity contribution is 0.575. The third-order valence-corrected chi connectivity index (χ3v) is 0.521. The quantitative estimate of drug-likeness (QED) is 0.270. The summed E-state index contributed by atoms with van der Waals surface area (Å²) in [5, 5.41) is 8.72. The summed E-state index contributed by atoms with van der Waals surface area (Å²) in [5.41, 5.74) is 4.80. The van der Waals surface area contributed by atoms with Gasteiger partial charge in [-0.05, 0) is 0 Å². The van der Waals surface area contributed by atoms with Crippen LogP contribution in [0, 0.1) is 5.41 Å². The van der Waals surface area contributed by atoms with Crippen molar-refractivity contribution in [2.45, 2.75) is 0 Å². The van der Waals surface area contributed by atoms with Crippen LogP contribution < -0.4 is 11.1 Å². The molecule has 4 N–H and O–H groups in total. The Labute approximate surface area is 46.9 Å². The zero-order chi connectivity index (χ0) is 6.57. The fraction of sp³-hybridized carbons (Fsp3) is 0.250. The molecule has 0 saturated heterocycles. The van der Waals surface area contributed by atoms with Gasteiger partial charge in [-0.15, -0.1) is 0 Å². The smallest absolute Gasteiger partial charge is 0.190 e. The maximum atomic E-state index is 11.9. The predicted octanol–water partition coefficient (Wildman–Crippen LogP) is -0.0473. The molecule has 3 nitrogen and oxygen atoms in total. The molecule has 0 fully saturated rings. The SMILES string of the molecule is CN/C(F)=C\C(=N)N. The molecule has 8 heavy (non-hydrogen) atoms. The Bertz CT molecular complexity index is 118. The molecule has 0 aliphatic rings. The van der Waals surface area contributed by atoms with E-state index in [1.54, 1.807) is 0 Å². The summed E-state index contributed by atoms with van der Waals surface area (Å²) in [6, 6.07) is 0. The molecule has 0 spiro atoms. The minimum absolute atomic E-state index is 0.295. The summed E-state index contributed by atoms with van der Waals surface area (Å²) in [6.07, 6.45) is 0.889. The number of amidine groups is 1. The van der Waals surface area contributed by atoms with Gasteiger partial charge in [-0.2, -0.15) is 4.39 Å². The molecule has 0 unspecified atom stereocenters. The van der Waals surface area contributed by atoms with Crippen LogP contribution >= 0.6 is 0 Å². The van der Waals surface area contributed by atoms with Crippen molar-refractivity contribution < 1.29 is 4.39 Å². The highest BCUT2D eigenvalue weighted by Crippen LogP contribution is 1.84. The van der Waals surface area contributed by atoms with Crippen molar-refractivity contribution in [1.82, 2.24) is 5.32 Å². The number of hydrogen-bond donors (Lipinski definition) is 3. The molecule has 46 valence electrons. The summed E-state index contributed by atoms with van der Waals surface area (Å²) in [6.45, 7) is 0. The molecule has 0 aliphatic heterocycles. The van der Waals surface area contributed by atoms with Crippen LogP contribution in [0.25, 0.3) is 0 Å².